The molecule has 0 aromatic rings. The van der Waals surface area contributed by atoms with Gasteiger partial charge in [-0.05, 0) is 42.9 Å². The molecule has 2 aliphatic rings. The van der Waals surface area contributed by atoms with E-state index in [0.717, 1.165) is 24.1 Å². The molecule has 0 heterocycles. The summed E-state index contributed by atoms with van der Waals surface area (Å²) in [5, 5.41) is 4.27. The summed E-state index contributed by atoms with van der Waals surface area (Å²) in [5.41, 5.74) is 0.140. The minimum atomic E-state index is 0.140. The van der Waals surface area contributed by atoms with Crippen LogP contribution in [-0.2, 0) is 4.79 Å². The van der Waals surface area contributed by atoms with Crippen molar-refractivity contribution in [2.45, 2.75) is 58.9 Å². The van der Waals surface area contributed by atoms with E-state index < -0.39 is 0 Å². The summed E-state index contributed by atoms with van der Waals surface area (Å²) in [6.07, 6.45) is 6.09. The molecule has 0 aliphatic heterocycles. The molecule has 1 amide bonds. The Labute approximate surface area is 119 Å². The van der Waals surface area contributed by atoms with E-state index in [4.69, 9.17) is 0 Å². The van der Waals surface area contributed by atoms with E-state index in [0.29, 0.717) is 17.7 Å². The lowest BCUT2D eigenvalue weighted by atomic mass is 9.83. The standard InChI is InChI=1S/C15H26BrNO/c1-15(2,3)13(6-7-16)17-14(18)12-9-10-4-5-11(12)8-10/h10-13H,4-9H2,1-3H3,(H,17,18). The molecule has 2 rings (SSSR count). The largest absolute Gasteiger partial charge is 0.353 e. The van der Waals surface area contributed by atoms with Crippen molar-refractivity contribution in [3.8, 4) is 0 Å². The number of hydrogen-bond donors (Lipinski definition) is 1. The SMILES string of the molecule is CC(C)(C)C(CCBr)NC(=O)C1CC2CCC1C2. The normalized spacial score (nSPS) is 32.6. The van der Waals surface area contributed by atoms with Gasteiger partial charge >= 0.3 is 0 Å². The molecule has 0 radical (unpaired) electrons. The molecule has 0 spiro atoms. The number of halogens is 1. The van der Waals surface area contributed by atoms with Gasteiger partial charge in [-0.25, -0.2) is 0 Å². The lowest BCUT2D eigenvalue weighted by molar-refractivity contribution is -0.128. The van der Waals surface area contributed by atoms with Gasteiger partial charge in [0.25, 0.3) is 0 Å². The quantitative estimate of drug-likeness (QED) is 0.787. The molecule has 4 unspecified atom stereocenters. The number of rotatable bonds is 4. The highest BCUT2D eigenvalue weighted by atomic mass is 79.9. The van der Waals surface area contributed by atoms with Crippen molar-refractivity contribution in [1.82, 2.24) is 5.32 Å². The van der Waals surface area contributed by atoms with Crippen LogP contribution in [0, 0.1) is 23.2 Å². The van der Waals surface area contributed by atoms with Crippen molar-refractivity contribution in [3.05, 3.63) is 0 Å². The fourth-order valence-corrected chi connectivity index (χ4v) is 4.13. The third-order valence-corrected chi connectivity index (χ3v) is 5.29. The van der Waals surface area contributed by atoms with Crippen molar-refractivity contribution in [1.29, 1.82) is 0 Å². The van der Waals surface area contributed by atoms with Crippen LogP contribution in [-0.4, -0.2) is 17.3 Å². The topological polar surface area (TPSA) is 29.1 Å². The van der Waals surface area contributed by atoms with E-state index in [2.05, 4.69) is 42.0 Å². The monoisotopic (exact) mass is 315 g/mol. The number of carbonyl (C=O) groups is 1. The van der Waals surface area contributed by atoms with Crippen molar-refractivity contribution in [2.75, 3.05) is 5.33 Å². The Morgan fingerprint density at radius 1 is 1.33 bits per heavy atom. The molecule has 2 fully saturated rings. The minimum absolute atomic E-state index is 0.140. The highest BCUT2D eigenvalue weighted by Crippen LogP contribution is 2.48. The Bertz CT molecular complexity index is 310. The maximum Gasteiger partial charge on any atom is 0.223 e. The van der Waals surface area contributed by atoms with Crippen molar-refractivity contribution in [3.63, 3.8) is 0 Å². The molecule has 4 atom stereocenters. The van der Waals surface area contributed by atoms with Gasteiger partial charge in [-0.15, -0.1) is 0 Å². The zero-order chi connectivity index (χ0) is 13.3. The average Bonchev–Trinajstić information content (AvgIpc) is 2.88. The first-order chi connectivity index (χ1) is 8.41. The van der Waals surface area contributed by atoms with Crippen LogP contribution in [0.5, 0.6) is 0 Å². The fraction of sp³-hybridized carbons (Fsp3) is 0.933. The van der Waals surface area contributed by atoms with E-state index in [1.165, 1.54) is 19.3 Å². The predicted octanol–water partition coefficient (Wildman–Crippen LogP) is 3.74. The fourth-order valence-electron chi connectivity index (χ4n) is 3.68. The summed E-state index contributed by atoms with van der Waals surface area (Å²) in [6, 6.07) is 0.281. The van der Waals surface area contributed by atoms with E-state index in [1.807, 2.05) is 0 Å². The van der Waals surface area contributed by atoms with Crippen LogP contribution in [0.1, 0.15) is 52.9 Å². The lowest BCUT2D eigenvalue weighted by Crippen LogP contribution is -2.47. The van der Waals surface area contributed by atoms with Gasteiger partial charge in [-0.2, -0.15) is 0 Å². The van der Waals surface area contributed by atoms with Gasteiger partial charge in [-0.1, -0.05) is 43.1 Å². The second-order valence-corrected chi connectivity index (χ2v) is 7.98. The van der Waals surface area contributed by atoms with Gasteiger partial charge in [0.15, 0.2) is 0 Å². The molecule has 3 heteroatoms. The van der Waals surface area contributed by atoms with Gasteiger partial charge in [-0.3, -0.25) is 4.79 Å². The summed E-state index contributed by atoms with van der Waals surface area (Å²) in [6.45, 7) is 6.63. The first-order valence-electron chi connectivity index (χ1n) is 7.28. The van der Waals surface area contributed by atoms with Gasteiger partial charge in [0.1, 0.15) is 0 Å². The molecular formula is C15H26BrNO. The van der Waals surface area contributed by atoms with Crippen LogP contribution in [0.3, 0.4) is 0 Å². The summed E-state index contributed by atoms with van der Waals surface area (Å²) in [5.74, 6) is 2.15. The Balaban J connectivity index is 1.93. The van der Waals surface area contributed by atoms with Crippen LogP contribution < -0.4 is 5.32 Å². The zero-order valence-corrected chi connectivity index (χ0v) is 13.4. The van der Waals surface area contributed by atoms with E-state index in [9.17, 15) is 4.79 Å². The highest BCUT2D eigenvalue weighted by Gasteiger charge is 2.43. The van der Waals surface area contributed by atoms with Crippen LogP contribution >= 0.6 is 15.9 Å². The molecule has 2 nitrogen and oxygen atoms in total. The molecule has 2 bridgehead atoms. The Morgan fingerprint density at radius 3 is 2.50 bits per heavy atom. The molecule has 2 aliphatic carbocycles. The molecule has 0 saturated heterocycles. The molecule has 104 valence electrons. The minimum Gasteiger partial charge on any atom is -0.353 e. The molecule has 2 saturated carbocycles. The highest BCUT2D eigenvalue weighted by molar-refractivity contribution is 9.09. The lowest BCUT2D eigenvalue weighted by Gasteiger charge is -2.33. The molecule has 0 aromatic carbocycles. The zero-order valence-electron chi connectivity index (χ0n) is 11.8. The Morgan fingerprint density at radius 2 is 2.06 bits per heavy atom. The number of nitrogens with one attached hydrogen (secondary N) is 1. The van der Waals surface area contributed by atoms with E-state index >= 15 is 0 Å². The average molecular weight is 316 g/mol. The summed E-state index contributed by atoms with van der Waals surface area (Å²) >= 11 is 3.50. The Kier molecular flexibility index (Phi) is 4.40. The third-order valence-electron chi connectivity index (χ3n) is 4.83. The van der Waals surface area contributed by atoms with Crippen molar-refractivity contribution in [2.24, 2.45) is 23.2 Å². The second-order valence-electron chi connectivity index (χ2n) is 7.19. The van der Waals surface area contributed by atoms with Crippen molar-refractivity contribution >= 4 is 21.8 Å². The first-order valence-corrected chi connectivity index (χ1v) is 8.40. The smallest absolute Gasteiger partial charge is 0.223 e. The number of carbonyl (C=O) groups excluding carboxylic acids is 1. The summed E-state index contributed by atoms with van der Waals surface area (Å²) in [7, 11) is 0. The van der Waals surface area contributed by atoms with Crippen LogP contribution in [0.4, 0.5) is 0 Å². The number of hydrogen-bond acceptors (Lipinski definition) is 1. The molecular weight excluding hydrogens is 290 g/mol. The van der Waals surface area contributed by atoms with E-state index in [-0.39, 0.29) is 11.5 Å². The van der Waals surface area contributed by atoms with Crippen molar-refractivity contribution < 1.29 is 4.79 Å². The molecule has 18 heavy (non-hydrogen) atoms. The molecule has 0 aromatic heterocycles. The maximum atomic E-state index is 12.4. The number of fused-ring (bicyclic) bond motifs is 2. The van der Waals surface area contributed by atoms with E-state index in [1.54, 1.807) is 0 Å². The molecule has 1 N–H and O–H groups in total. The van der Waals surface area contributed by atoms with Gasteiger partial charge in [0.2, 0.25) is 5.91 Å². The summed E-state index contributed by atoms with van der Waals surface area (Å²) < 4.78 is 0. The van der Waals surface area contributed by atoms with Crippen LogP contribution in [0.2, 0.25) is 0 Å². The van der Waals surface area contributed by atoms with Gasteiger partial charge in [0, 0.05) is 17.3 Å². The van der Waals surface area contributed by atoms with Crippen LogP contribution in [0.15, 0.2) is 0 Å². The number of amides is 1. The predicted molar refractivity (Wildman–Crippen MR) is 78.7 cm³/mol. The maximum absolute atomic E-state index is 12.4. The number of alkyl halides is 1. The van der Waals surface area contributed by atoms with Gasteiger partial charge < -0.3 is 5.32 Å². The second kappa shape index (κ2) is 5.52. The third kappa shape index (κ3) is 3.09. The van der Waals surface area contributed by atoms with Crippen LogP contribution in [0.25, 0.3) is 0 Å². The van der Waals surface area contributed by atoms with Gasteiger partial charge in [0.05, 0.1) is 0 Å². The first kappa shape index (κ1) is 14.4. The Hall–Kier alpha value is -0.0500. The summed E-state index contributed by atoms with van der Waals surface area (Å²) in [4.78, 5) is 12.4.